The van der Waals surface area contributed by atoms with Gasteiger partial charge in [0, 0.05) is 43.7 Å². The number of carbonyl (C=O) groups is 2. The summed E-state index contributed by atoms with van der Waals surface area (Å²) in [6.07, 6.45) is 9.12. The normalized spacial score (nSPS) is 26.0. The van der Waals surface area contributed by atoms with Crippen LogP contribution < -0.4 is 9.47 Å². The number of methoxy groups -OCH3 is 1. The number of benzene rings is 2. The number of aldehydes is 1. The van der Waals surface area contributed by atoms with Crippen LogP contribution in [0.4, 0.5) is 4.79 Å². The number of nitrogens with zero attached hydrogens (tertiary/aromatic N) is 2. The van der Waals surface area contributed by atoms with E-state index in [2.05, 4.69) is 17.8 Å². The van der Waals surface area contributed by atoms with Crippen LogP contribution >= 0.6 is 0 Å². The number of oxime groups is 1. The summed E-state index contributed by atoms with van der Waals surface area (Å²) in [6, 6.07) is 12.0. The van der Waals surface area contributed by atoms with Crippen molar-refractivity contribution in [1.82, 2.24) is 4.90 Å². The van der Waals surface area contributed by atoms with E-state index in [1.54, 1.807) is 37.4 Å². The number of hydrogen-bond donors (Lipinski definition) is 2. The van der Waals surface area contributed by atoms with Crippen LogP contribution in [-0.2, 0) is 14.3 Å². The first-order valence-electron chi connectivity index (χ1n) is 17.0. The van der Waals surface area contributed by atoms with Crippen molar-refractivity contribution >= 4 is 18.1 Å². The largest absolute Gasteiger partial charge is 0.459 e. The highest BCUT2D eigenvalue weighted by Gasteiger charge is 2.65. The van der Waals surface area contributed by atoms with E-state index in [0.29, 0.717) is 41.4 Å². The van der Waals surface area contributed by atoms with Crippen LogP contribution in [-0.4, -0.2) is 86.1 Å². The van der Waals surface area contributed by atoms with Gasteiger partial charge in [0.15, 0.2) is 0 Å². The van der Waals surface area contributed by atoms with Gasteiger partial charge in [-0.3, -0.25) is 4.79 Å². The minimum atomic E-state index is -1.35. The lowest BCUT2D eigenvalue weighted by Gasteiger charge is -2.59. The Morgan fingerprint density at radius 3 is 2.53 bits per heavy atom. The van der Waals surface area contributed by atoms with Crippen LogP contribution in [0.1, 0.15) is 66.8 Å². The molecule has 0 aromatic heterocycles. The fourth-order valence-electron chi connectivity index (χ4n) is 7.96. The molecule has 1 amide bonds. The maximum absolute atomic E-state index is 13.2. The molecule has 2 N–H and O–H groups in total. The van der Waals surface area contributed by atoms with Gasteiger partial charge in [0.1, 0.15) is 36.7 Å². The Balaban J connectivity index is 1.74. The predicted octanol–water partition coefficient (Wildman–Crippen LogP) is 6.25. The lowest BCUT2D eigenvalue weighted by molar-refractivity contribution is -0.253. The van der Waals surface area contributed by atoms with E-state index in [4.69, 9.17) is 23.8 Å². The number of fused-ring (bicyclic) bond motifs is 2. The second-order valence-electron chi connectivity index (χ2n) is 12.8. The number of rotatable bonds is 16. The first kappa shape index (κ1) is 36.1. The smallest absolute Gasteiger partial charge is 0.409 e. The summed E-state index contributed by atoms with van der Waals surface area (Å²) in [6.45, 7) is 4.29. The Kier molecular flexibility index (Phi) is 12.1. The highest BCUT2D eigenvalue weighted by molar-refractivity contribution is 6.02. The highest BCUT2D eigenvalue weighted by atomic mass is 16.7. The zero-order chi connectivity index (χ0) is 35.0. The molecule has 0 spiro atoms. The van der Waals surface area contributed by atoms with Crippen molar-refractivity contribution in [3.05, 3.63) is 77.9 Å². The highest BCUT2D eigenvalue weighted by Crippen LogP contribution is 2.61. The minimum absolute atomic E-state index is 0.0768. The molecule has 6 atom stereocenters. The molecule has 0 bridgehead atoms. The number of allylic oxidation sites excluding steroid dienone is 1. The van der Waals surface area contributed by atoms with Crippen molar-refractivity contribution in [3.8, 4) is 17.2 Å². The van der Waals surface area contributed by atoms with E-state index < -0.39 is 23.8 Å². The van der Waals surface area contributed by atoms with Crippen molar-refractivity contribution in [2.24, 2.45) is 22.9 Å². The molecule has 1 aliphatic heterocycles. The summed E-state index contributed by atoms with van der Waals surface area (Å²) in [5, 5.41) is 23.9. The van der Waals surface area contributed by atoms with Crippen molar-refractivity contribution in [2.45, 2.75) is 62.7 Å². The molecule has 11 nitrogen and oxygen atoms in total. The fourth-order valence-corrected chi connectivity index (χ4v) is 7.96. The zero-order valence-electron chi connectivity index (χ0n) is 28.6. The number of unbranched alkanes of at least 4 members (excludes halogenated alkanes) is 2. The van der Waals surface area contributed by atoms with E-state index >= 15 is 0 Å². The molecule has 49 heavy (non-hydrogen) atoms. The number of aliphatic hydroxyl groups excluding tert-OH is 2. The van der Waals surface area contributed by atoms with Gasteiger partial charge in [-0.25, -0.2) is 4.79 Å². The molecule has 0 unspecified atom stereocenters. The average molecular weight is 677 g/mol. The Morgan fingerprint density at radius 2 is 1.84 bits per heavy atom. The zero-order valence-corrected chi connectivity index (χ0v) is 28.6. The van der Waals surface area contributed by atoms with Crippen molar-refractivity contribution in [1.29, 1.82) is 0 Å². The van der Waals surface area contributed by atoms with Crippen LogP contribution in [0.5, 0.6) is 17.2 Å². The molecule has 0 saturated heterocycles. The molecular formula is C38H48N2O9. The van der Waals surface area contributed by atoms with Crippen LogP contribution in [0.3, 0.4) is 0 Å². The van der Waals surface area contributed by atoms with E-state index in [0.717, 1.165) is 43.1 Å². The second-order valence-corrected chi connectivity index (χ2v) is 12.8. The molecule has 0 radical (unpaired) electrons. The summed E-state index contributed by atoms with van der Waals surface area (Å²) < 4.78 is 25.3. The van der Waals surface area contributed by atoms with Crippen LogP contribution in [0.25, 0.3) is 0 Å². The lowest BCUT2D eigenvalue weighted by Crippen LogP contribution is -2.69. The monoisotopic (exact) mass is 676 g/mol. The Morgan fingerprint density at radius 1 is 1.08 bits per heavy atom. The molecule has 264 valence electrons. The SMILES string of the molecule is C=CCO[C@@]12Oc3ccc(Oc4cccc(C=O)c4)cc3[C@H]3[C@H](CCCCO)[C@@H](CCCCO)C=C(C(=NOC)C[C@@H]1N(C)C(=O)OC)[C@H]32. The molecule has 1 fully saturated rings. The molecule has 1 saturated carbocycles. The predicted molar refractivity (Wildman–Crippen MR) is 184 cm³/mol. The van der Waals surface area contributed by atoms with Gasteiger partial charge in [-0.15, -0.1) is 6.58 Å². The summed E-state index contributed by atoms with van der Waals surface area (Å²) in [5.74, 6) is -0.0622. The van der Waals surface area contributed by atoms with Gasteiger partial charge in [-0.05, 0) is 73.4 Å². The number of likely N-dealkylation sites (N-methyl/N-ethyl adjacent to an activating group) is 1. The quantitative estimate of drug-likeness (QED) is 0.0915. The van der Waals surface area contributed by atoms with Gasteiger partial charge in [-0.1, -0.05) is 42.3 Å². The summed E-state index contributed by atoms with van der Waals surface area (Å²) in [7, 11) is 4.52. The van der Waals surface area contributed by atoms with Crippen molar-refractivity contribution < 1.29 is 43.6 Å². The number of hydrogen-bond acceptors (Lipinski definition) is 10. The van der Waals surface area contributed by atoms with E-state index in [1.165, 1.54) is 19.1 Å². The first-order valence-corrected chi connectivity index (χ1v) is 17.0. The summed E-state index contributed by atoms with van der Waals surface area (Å²) >= 11 is 0. The Hall–Kier alpha value is -4.19. The topological polar surface area (TPSA) is 136 Å². The van der Waals surface area contributed by atoms with E-state index in [-0.39, 0.29) is 44.0 Å². The Bertz CT molecular complexity index is 1540. The minimum Gasteiger partial charge on any atom is -0.459 e. The third-order valence-electron chi connectivity index (χ3n) is 10.0. The third-order valence-corrected chi connectivity index (χ3v) is 10.0. The van der Waals surface area contributed by atoms with Crippen LogP contribution in [0.15, 0.2) is 71.9 Å². The van der Waals surface area contributed by atoms with Gasteiger partial charge in [0.25, 0.3) is 0 Å². The standard InChI is InChI=1S/C38H48N2O9/c1-5-19-47-38-34(40(2)37(44)45-3)23-32(39-46-4)30-21-26(12-6-8-17-41)29(14-7-9-18-42)35(36(30)38)31-22-28(15-16-33(31)49-38)48-27-13-10-11-25(20-27)24-43/h5,10-11,13,15-16,20-22,24,26,29,34-36,41-42H,1,6-9,12,14,17-19,23H2,2-4H3/t26-,29+,34-,35+,36+,38+/m0/s1. The van der Waals surface area contributed by atoms with Gasteiger partial charge < -0.3 is 38.9 Å². The second kappa shape index (κ2) is 16.5. The summed E-state index contributed by atoms with van der Waals surface area (Å²) in [5.41, 5.74) is 3.07. The molecule has 1 heterocycles. The van der Waals surface area contributed by atoms with Gasteiger partial charge in [0.2, 0.25) is 5.79 Å². The number of ether oxygens (including phenoxy) is 4. The average Bonchev–Trinajstić information content (AvgIpc) is 3.12. The third kappa shape index (κ3) is 7.39. The van der Waals surface area contributed by atoms with E-state index in [1.807, 2.05) is 18.2 Å². The van der Waals surface area contributed by atoms with Crippen molar-refractivity contribution in [3.63, 3.8) is 0 Å². The first-order chi connectivity index (χ1) is 23.8. The molecule has 5 rings (SSSR count). The maximum atomic E-state index is 13.2. The van der Waals surface area contributed by atoms with E-state index in [9.17, 15) is 19.8 Å². The molecular weight excluding hydrogens is 628 g/mol. The number of aliphatic hydroxyl groups is 2. The van der Waals surface area contributed by atoms with Crippen molar-refractivity contribution in [2.75, 3.05) is 41.1 Å². The molecule has 2 aromatic rings. The van der Waals surface area contributed by atoms with Gasteiger partial charge in [-0.2, -0.15) is 0 Å². The molecule has 11 heteroatoms. The molecule has 3 aliphatic rings. The van der Waals surface area contributed by atoms with Gasteiger partial charge in [0.05, 0.1) is 25.3 Å². The lowest BCUT2D eigenvalue weighted by atomic mass is 9.55. The molecule has 2 aromatic carbocycles. The van der Waals surface area contributed by atoms with Crippen LogP contribution in [0.2, 0.25) is 0 Å². The van der Waals surface area contributed by atoms with Crippen LogP contribution in [0, 0.1) is 17.8 Å². The fraction of sp³-hybridized carbons (Fsp3) is 0.500. The Labute approximate surface area is 288 Å². The van der Waals surface area contributed by atoms with Gasteiger partial charge >= 0.3 is 6.09 Å². The molecule has 2 aliphatic carbocycles. The summed E-state index contributed by atoms with van der Waals surface area (Å²) in [4.78, 5) is 31.5. The number of amides is 1. The maximum Gasteiger partial charge on any atom is 0.409 e. The number of carbonyl (C=O) groups excluding carboxylic acids is 2.